The minimum Gasteiger partial charge on any atom is -0.371 e. The van der Waals surface area contributed by atoms with E-state index < -0.39 is 0 Å². The van der Waals surface area contributed by atoms with E-state index in [2.05, 4.69) is 29.7 Å². The van der Waals surface area contributed by atoms with Gasteiger partial charge in [0.25, 0.3) is 0 Å². The quantitative estimate of drug-likeness (QED) is 0.645. The van der Waals surface area contributed by atoms with Gasteiger partial charge >= 0.3 is 0 Å². The molecule has 2 heterocycles. The van der Waals surface area contributed by atoms with E-state index in [1.54, 1.807) is 12.1 Å². The summed E-state index contributed by atoms with van der Waals surface area (Å²) in [6.45, 7) is 6.14. The zero-order valence-electron chi connectivity index (χ0n) is 13.4. The standard InChI is InChI=1S/C20H19FN2S/c1-14(15-6-8-17(21)9-7-15)23-12-10-16(11-13-23)20-22-18-4-2-3-5-19(18)24-20/h2-9,16H,1,10-13H2. The van der Waals surface area contributed by atoms with Gasteiger partial charge in [0.05, 0.1) is 15.2 Å². The monoisotopic (exact) mass is 338 g/mol. The second-order valence-corrected chi connectivity index (χ2v) is 7.30. The van der Waals surface area contributed by atoms with E-state index in [0.29, 0.717) is 5.92 Å². The van der Waals surface area contributed by atoms with Gasteiger partial charge in [-0.05, 0) is 42.7 Å². The van der Waals surface area contributed by atoms with Gasteiger partial charge in [0.2, 0.25) is 0 Å². The summed E-state index contributed by atoms with van der Waals surface area (Å²) in [5.41, 5.74) is 3.09. The third-order valence-corrected chi connectivity index (χ3v) is 5.91. The highest BCUT2D eigenvalue weighted by Gasteiger charge is 2.24. The molecule has 0 spiro atoms. The summed E-state index contributed by atoms with van der Waals surface area (Å²) < 4.78 is 14.3. The fraction of sp³-hybridized carbons (Fsp3) is 0.250. The maximum Gasteiger partial charge on any atom is 0.123 e. The van der Waals surface area contributed by atoms with Crippen LogP contribution < -0.4 is 0 Å². The molecular formula is C20H19FN2S. The van der Waals surface area contributed by atoms with Crippen LogP contribution in [0, 0.1) is 5.82 Å². The van der Waals surface area contributed by atoms with Gasteiger partial charge < -0.3 is 4.90 Å². The van der Waals surface area contributed by atoms with Crippen molar-refractivity contribution in [2.75, 3.05) is 13.1 Å². The number of para-hydroxylation sites is 1. The van der Waals surface area contributed by atoms with Crippen molar-refractivity contribution < 1.29 is 4.39 Å². The van der Waals surface area contributed by atoms with Gasteiger partial charge in [-0.25, -0.2) is 9.37 Å². The van der Waals surface area contributed by atoms with Crippen molar-refractivity contribution in [2.24, 2.45) is 0 Å². The van der Waals surface area contributed by atoms with Crippen molar-refractivity contribution in [2.45, 2.75) is 18.8 Å². The van der Waals surface area contributed by atoms with Crippen LogP contribution in [0.4, 0.5) is 4.39 Å². The number of halogens is 1. The van der Waals surface area contributed by atoms with Crippen molar-refractivity contribution in [3.8, 4) is 0 Å². The Morgan fingerprint density at radius 3 is 2.50 bits per heavy atom. The first-order chi connectivity index (χ1) is 11.7. The van der Waals surface area contributed by atoms with Crippen molar-refractivity contribution >= 4 is 27.3 Å². The Kier molecular flexibility index (Phi) is 4.07. The average Bonchev–Trinajstić information content (AvgIpc) is 3.06. The molecule has 1 aromatic heterocycles. The number of nitrogens with zero attached hydrogens (tertiary/aromatic N) is 2. The summed E-state index contributed by atoms with van der Waals surface area (Å²) in [7, 11) is 0. The summed E-state index contributed by atoms with van der Waals surface area (Å²) in [6, 6.07) is 14.9. The van der Waals surface area contributed by atoms with E-state index in [9.17, 15) is 4.39 Å². The molecule has 0 saturated carbocycles. The lowest BCUT2D eigenvalue weighted by Crippen LogP contribution is -2.31. The molecule has 122 valence electrons. The molecule has 2 nitrogen and oxygen atoms in total. The molecule has 2 aromatic carbocycles. The molecular weight excluding hydrogens is 319 g/mol. The van der Waals surface area contributed by atoms with Crippen LogP contribution in [0.15, 0.2) is 55.1 Å². The molecule has 1 fully saturated rings. The van der Waals surface area contributed by atoms with Crippen LogP contribution in [-0.2, 0) is 0 Å². The average molecular weight is 338 g/mol. The smallest absolute Gasteiger partial charge is 0.123 e. The molecule has 0 atom stereocenters. The van der Waals surface area contributed by atoms with Crippen molar-refractivity contribution in [1.82, 2.24) is 9.88 Å². The number of fused-ring (bicyclic) bond motifs is 1. The van der Waals surface area contributed by atoms with E-state index in [4.69, 9.17) is 4.98 Å². The lowest BCUT2D eigenvalue weighted by Gasteiger charge is -2.34. The molecule has 0 unspecified atom stereocenters. The summed E-state index contributed by atoms with van der Waals surface area (Å²) in [5, 5.41) is 1.25. The third kappa shape index (κ3) is 2.94. The second kappa shape index (κ2) is 6.36. The lowest BCUT2D eigenvalue weighted by atomic mass is 9.96. The van der Waals surface area contributed by atoms with E-state index >= 15 is 0 Å². The summed E-state index contributed by atoms with van der Waals surface area (Å²) in [4.78, 5) is 7.11. The van der Waals surface area contributed by atoms with Crippen LogP contribution in [0.1, 0.15) is 29.3 Å². The van der Waals surface area contributed by atoms with Gasteiger partial charge in [0, 0.05) is 24.7 Å². The number of hydrogen-bond acceptors (Lipinski definition) is 3. The summed E-state index contributed by atoms with van der Waals surface area (Å²) in [6.07, 6.45) is 2.17. The fourth-order valence-corrected chi connectivity index (χ4v) is 4.42. The number of likely N-dealkylation sites (tertiary alicyclic amines) is 1. The molecule has 1 aliphatic rings. The van der Waals surface area contributed by atoms with E-state index in [1.165, 1.54) is 21.8 Å². The topological polar surface area (TPSA) is 16.1 Å². The Morgan fingerprint density at radius 2 is 1.79 bits per heavy atom. The van der Waals surface area contributed by atoms with Crippen LogP contribution in [0.25, 0.3) is 15.9 Å². The van der Waals surface area contributed by atoms with Gasteiger partial charge in [-0.3, -0.25) is 0 Å². The van der Waals surface area contributed by atoms with Crippen LogP contribution in [0.5, 0.6) is 0 Å². The van der Waals surface area contributed by atoms with Crippen molar-refractivity contribution in [3.63, 3.8) is 0 Å². The zero-order chi connectivity index (χ0) is 16.5. The first kappa shape index (κ1) is 15.3. The lowest BCUT2D eigenvalue weighted by molar-refractivity contribution is 0.299. The maximum absolute atomic E-state index is 13.1. The number of thiazole rings is 1. The molecule has 4 heteroatoms. The Hall–Kier alpha value is -2.20. The number of rotatable bonds is 3. The van der Waals surface area contributed by atoms with Gasteiger partial charge in [-0.15, -0.1) is 11.3 Å². The minimum atomic E-state index is -0.207. The Labute approximate surface area is 145 Å². The van der Waals surface area contributed by atoms with Gasteiger partial charge in [0.15, 0.2) is 0 Å². The Balaban J connectivity index is 1.44. The highest BCUT2D eigenvalue weighted by Crippen LogP contribution is 2.35. The molecule has 1 aliphatic heterocycles. The largest absolute Gasteiger partial charge is 0.371 e. The SMILES string of the molecule is C=C(c1ccc(F)cc1)N1CCC(c2nc3ccccc3s2)CC1. The van der Waals surface area contributed by atoms with Crippen molar-refractivity contribution in [1.29, 1.82) is 0 Å². The van der Waals surface area contributed by atoms with Crippen LogP contribution in [0.2, 0.25) is 0 Å². The molecule has 0 amide bonds. The van der Waals surface area contributed by atoms with E-state index in [0.717, 1.165) is 42.7 Å². The molecule has 24 heavy (non-hydrogen) atoms. The molecule has 4 rings (SSSR count). The number of hydrogen-bond donors (Lipinski definition) is 0. The van der Waals surface area contributed by atoms with Crippen LogP contribution in [0.3, 0.4) is 0 Å². The van der Waals surface area contributed by atoms with Crippen LogP contribution >= 0.6 is 11.3 Å². The van der Waals surface area contributed by atoms with E-state index in [-0.39, 0.29) is 5.82 Å². The van der Waals surface area contributed by atoms with Crippen LogP contribution in [-0.4, -0.2) is 23.0 Å². The Bertz CT molecular complexity index is 828. The maximum atomic E-state index is 13.1. The van der Waals surface area contributed by atoms with Gasteiger partial charge in [-0.2, -0.15) is 0 Å². The molecule has 0 aliphatic carbocycles. The van der Waals surface area contributed by atoms with Gasteiger partial charge in [-0.1, -0.05) is 30.8 Å². The minimum absolute atomic E-state index is 0.207. The highest BCUT2D eigenvalue weighted by atomic mass is 32.1. The summed E-state index contributed by atoms with van der Waals surface area (Å²) >= 11 is 1.82. The van der Waals surface area contributed by atoms with Gasteiger partial charge in [0.1, 0.15) is 5.82 Å². The normalized spacial score (nSPS) is 15.8. The molecule has 0 radical (unpaired) electrons. The first-order valence-electron chi connectivity index (χ1n) is 8.26. The second-order valence-electron chi connectivity index (χ2n) is 6.23. The fourth-order valence-electron chi connectivity index (χ4n) is 3.29. The number of aromatic nitrogens is 1. The first-order valence-corrected chi connectivity index (χ1v) is 9.07. The van der Waals surface area contributed by atoms with E-state index in [1.807, 2.05) is 17.4 Å². The number of benzene rings is 2. The molecule has 1 saturated heterocycles. The molecule has 0 bridgehead atoms. The van der Waals surface area contributed by atoms with Crippen molar-refractivity contribution in [3.05, 3.63) is 71.5 Å². The molecule has 0 N–H and O–H groups in total. The molecule has 3 aromatic rings. The predicted molar refractivity (Wildman–Crippen MR) is 98.6 cm³/mol. The Morgan fingerprint density at radius 1 is 1.08 bits per heavy atom. The number of piperidine rings is 1. The third-order valence-electron chi connectivity index (χ3n) is 4.71. The predicted octanol–water partition coefficient (Wildman–Crippen LogP) is 5.29. The highest BCUT2D eigenvalue weighted by molar-refractivity contribution is 7.18. The zero-order valence-corrected chi connectivity index (χ0v) is 14.2. The summed E-state index contributed by atoms with van der Waals surface area (Å²) in [5.74, 6) is 0.320.